The lowest BCUT2D eigenvalue weighted by molar-refractivity contribution is 0.922. The van der Waals surface area contributed by atoms with Crippen LogP contribution in [0.3, 0.4) is 0 Å². The Morgan fingerprint density at radius 3 is 2.40 bits per heavy atom. The summed E-state index contributed by atoms with van der Waals surface area (Å²) in [4.78, 5) is 8.43. The van der Waals surface area contributed by atoms with Gasteiger partial charge in [-0.25, -0.2) is 9.97 Å². The molecule has 1 aromatic carbocycles. The molecular weight excluding hydrogens is 248 g/mol. The Kier molecular flexibility index (Phi) is 5.35. The second-order valence-electron chi connectivity index (χ2n) is 4.79. The van der Waals surface area contributed by atoms with Crippen molar-refractivity contribution in [1.82, 2.24) is 9.97 Å². The molecule has 0 spiro atoms. The molecule has 2 N–H and O–H groups in total. The van der Waals surface area contributed by atoms with Crippen LogP contribution >= 0.6 is 0 Å². The molecule has 4 heteroatoms. The topological polar surface area (TPSA) is 49.8 Å². The molecule has 0 aliphatic heterocycles. The van der Waals surface area contributed by atoms with Gasteiger partial charge in [0.25, 0.3) is 0 Å². The highest BCUT2D eigenvalue weighted by Crippen LogP contribution is 2.17. The van der Waals surface area contributed by atoms with Gasteiger partial charge in [-0.15, -0.1) is 0 Å². The summed E-state index contributed by atoms with van der Waals surface area (Å²) in [6.07, 6.45) is 4.95. The van der Waals surface area contributed by atoms with Gasteiger partial charge in [0, 0.05) is 18.3 Å². The highest BCUT2D eigenvalue weighted by molar-refractivity contribution is 5.59. The largest absolute Gasteiger partial charge is 0.370 e. The number of aromatic nitrogens is 2. The van der Waals surface area contributed by atoms with Crippen LogP contribution in [0.5, 0.6) is 0 Å². The third-order valence-corrected chi connectivity index (χ3v) is 2.99. The van der Waals surface area contributed by atoms with Crippen molar-refractivity contribution in [2.24, 2.45) is 0 Å². The second-order valence-corrected chi connectivity index (χ2v) is 4.79. The van der Waals surface area contributed by atoms with E-state index in [-0.39, 0.29) is 0 Å². The molecule has 0 unspecified atom stereocenters. The zero-order chi connectivity index (χ0) is 14.2. The highest BCUT2D eigenvalue weighted by atomic mass is 15.1. The zero-order valence-electron chi connectivity index (χ0n) is 12.2. The van der Waals surface area contributed by atoms with Crippen molar-refractivity contribution in [3.05, 3.63) is 42.2 Å². The highest BCUT2D eigenvalue weighted by Gasteiger charge is 1.99. The molecule has 106 valence electrons. The summed E-state index contributed by atoms with van der Waals surface area (Å²) in [5, 5.41) is 6.55. The summed E-state index contributed by atoms with van der Waals surface area (Å²) < 4.78 is 0. The molecule has 4 nitrogen and oxygen atoms in total. The SMILES string of the molecule is CCCNc1cc(Nc2ccc(CCC)cc2)ncn1. The van der Waals surface area contributed by atoms with Gasteiger partial charge in [0.15, 0.2) is 0 Å². The molecule has 20 heavy (non-hydrogen) atoms. The number of anilines is 3. The van der Waals surface area contributed by atoms with Crippen LogP contribution in [0.2, 0.25) is 0 Å². The van der Waals surface area contributed by atoms with Gasteiger partial charge in [-0.2, -0.15) is 0 Å². The van der Waals surface area contributed by atoms with Gasteiger partial charge >= 0.3 is 0 Å². The molecule has 0 fully saturated rings. The molecule has 1 heterocycles. The van der Waals surface area contributed by atoms with Crippen molar-refractivity contribution in [2.45, 2.75) is 33.1 Å². The summed E-state index contributed by atoms with van der Waals surface area (Å²) in [5.74, 6) is 1.66. The van der Waals surface area contributed by atoms with Gasteiger partial charge in [-0.1, -0.05) is 32.4 Å². The Morgan fingerprint density at radius 1 is 0.950 bits per heavy atom. The van der Waals surface area contributed by atoms with Crippen LogP contribution < -0.4 is 10.6 Å². The van der Waals surface area contributed by atoms with E-state index in [4.69, 9.17) is 0 Å². The third-order valence-electron chi connectivity index (χ3n) is 2.99. The average Bonchev–Trinajstić information content (AvgIpc) is 2.48. The van der Waals surface area contributed by atoms with Gasteiger partial charge < -0.3 is 10.6 Å². The minimum absolute atomic E-state index is 0.807. The van der Waals surface area contributed by atoms with Crippen molar-refractivity contribution in [2.75, 3.05) is 17.2 Å². The van der Waals surface area contributed by atoms with E-state index in [2.05, 4.69) is 58.7 Å². The molecule has 1 aromatic heterocycles. The van der Waals surface area contributed by atoms with Crippen molar-refractivity contribution in [1.29, 1.82) is 0 Å². The minimum Gasteiger partial charge on any atom is -0.370 e. The second kappa shape index (κ2) is 7.48. The van der Waals surface area contributed by atoms with Gasteiger partial charge in [0.2, 0.25) is 0 Å². The first-order valence-electron chi connectivity index (χ1n) is 7.23. The Balaban J connectivity index is 2.01. The third kappa shape index (κ3) is 4.23. The van der Waals surface area contributed by atoms with Crippen molar-refractivity contribution in [3.8, 4) is 0 Å². The fourth-order valence-electron chi connectivity index (χ4n) is 1.97. The number of rotatable bonds is 7. The van der Waals surface area contributed by atoms with E-state index in [1.807, 2.05) is 6.07 Å². The summed E-state index contributed by atoms with van der Waals surface area (Å²) in [5.41, 5.74) is 2.41. The predicted octanol–water partition coefficient (Wildman–Crippen LogP) is 3.99. The van der Waals surface area contributed by atoms with Crippen LogP contribution in [-0.4, -0.2) is 16.5 Å². The van der Waals surface area contributed by atoms with Gasteiger partial charge in [-0.3, -0.25) is 0 Å². The quantitative estimate of drug-likeness (QED) is 0.798. The van der Waals surface area contributed by atoms with E-state index in [1.165, 1.54) is 12.0 Å². The van der Waals surface area contributed by atoms with Crippen molar-refractivity contribution in [3.63, 3.8) is 0 Å². The molecular formula is C16H22N4. The fourth-order valence-corrected chi connectivity index (χ4v) is 1.97. The number of benzene rings is 1. The van der Waals surface area contributed by atoms with Crippen LogP contribution in [0.4, 0.5) is 17.3 Å². The Morgan fingerprint density at radius 2 is 1.70 bits per heavy atom. The molecule has 0 bridgehead atoms. The monoisotopic (exact) mass is 270 g/mol. The predicted molar refractivity (Wildman–Crippen MR) is 84.5 cm³/mol. The van der Waals surface area contributed by atoms with Crippen LogP contribution in [0, 0.1) is 0 Å². The molecule has 0 aliphatic carbocycles. The number of hydrogen-bond acceptors (Lipinski definition) is 4. The summed E-state index contributed by atoms with van der Waals surface area (Å²) >= 11 is 0. The van der Waals surface area contributed by atoms with Gasteiger partial charge in [0.05, 0.1) is 0 Å². The van der Waals surface area contributed by atoms with Crippen molar-refractivity contribution < 1.29 is 0 Å². The lowest BCUT2D eigenvalue weighted by atomic mass is 10.1. The van der Waals surface area contributed by atoms with Crippen LogP contribution in [0.25, 0.3) is 0 Å². The number of hydrogen-bond donors (Lipinski definition) is 2. The molecule has 0 radical (unpaired) electrons. The summed E-state index contributed by atoms with van der Waals surface area (Å²) in [7, 11) is 0. The molecule has 0 saturated heterocycles. The molecule has 0 aliphatic rings. The molecule has 2 rings (SSSR count). The average molecular weight is 270 g/mol. The fraction of sp³-hybridized carbons (Fsp3) is 0.375. The number of nitrogens with zero attached hydrogens (tertiary/aromatic N) is 2. The van der Waals surface area contributed by atoms with Crippen LogP contribution in [0.15, 0.2) is 36.7 Å². The zero-order valence-corrected chi connectivity index (χ0v) is 12.2. The maximum absolute atomic E-state index is 4.24. The first-order valence-corrected chi connectivity index (χ1v) is 7.23. The number of nitrogens with one attached hydrogen (secondary N) is 2. The lowest BCUT2D eigenvalue weighted by Gasteiger charge is -2.08. The molecule has 2 aromatic rings. The normalized spacial score (nSPS) is 10.3. The summed E-state index contributed by atoms with van der Waals surface area (Å²) in [6.45, 7) is 5.24. The van der Waals surface area contributed by atoms with E-state index in [1.54, 1.807) is 6.33 Å². The van der Waals surface area contributed by atoms with E-state index in [0.29, 0.717) is 0 Å². The van der Waals surface area contributed by atoms with E-state index in [9.17, 15) is 0 Å². The molecule has 0 amide bonds. The first kappa shape index (κ1) is 14.3. The lowest BCUT2D eigenvalue weighted by Crippen LogP contribution is -2.03. The maximum Gasteiger partial charge on any atom is 0.135 e. The van der Waals surface area contributed by atoms with Gasteiger partial charge in [-0.05, 0) is 30.5 Å². The van der Waals surface area contributed by atoms with E-state index >= 15 is 0 Å². The van der Waals surface area contributed by atoms with E-state index < -0.39 is 0 Å². The molecule has 0 saturated carbocycles. The Labute approximate surface area is 120 Å². The Hall–Kier alpha value is -2.10. The molecule has 0 atom stereocenters. The smallest absolute Gasteiger partial charge is 0.135 e. The van der Waals surface area contributed by atoms with Gasteiger partial charge in [0.1, 0.15) is 18.0 Å². The van der Waals surface area contributed by atoms with Crippen molar-refractivity contribution >= 4 is 17.3 Å². The minimum atomic E-state index is 0.807. The van der Waals surface area contributed by atoms with E-state index in [0.717, 1.165) is 36.7 Å². The first-order chi connectivity index (χ1) is 9.81. The number of aryl methyl sites for hydroxylation is 1. The van der Waals surface area contributed by atoms with Crippen LogP contribution in [-0.2, 0) is 6.42 Å². The maximum atomic E-state index is 4.24. The standard InChI is InChI=1S/C16H22N4/c1-3-5-13-6-8-14(9-7-13)20-16-11-15(17-10-4-2)18-12-19-16/h6-9,11-12H,3-5,10H2,1-2H3,(H2,17,18,19,20). The van der Waals surface area contributed by atoms with Crippen LogP contribution in [0.1, 0.15) is 32.3 Å². The summed E-state index contributed by atoms with van der Waals surface area (Å²) in [6, 6.07) is 10.4. The Bertz CT molecular complexity index is 522.